The van der Waals surface area contributed by atoms with Crippen LogP contribution in [0.1, 0.15) is 5.56 Å². The Morgan fingerprint density at radius 3 is 3.00 bits per heavy atom. The first kappa shape index (κ1) is 11.3. The van der Waals surface area contributed by atoms with E-state index in [1.807, 2.05) is 30.3 Å². The van der Waals surface area contributed by atoms with Gasteiger partial charge in [-0.15, -0.1) is 0 Å². The molecule has 4 N–H and O–H groups in total. The first-order chi connectivity index (χ1) is 8.31. The second-order valence-electron chi connectivity index (χ2n) is 3.62. The summed E-state index contributed by atoms with van der Waals surface area (Å²) in [6.07, 6.45) is 2.51. The standard InChI is InChI=1S/C12H14N4O/c13-12(16-17)15-8-6-10-4-1-3-9-5-2-7-14-11(9)10/h1-5,7,17H,6,8H2,(H3,13,15,16). The number of nitrogens with zero attached hydrogens (tertiary/aromatic N) is 2. The van der Waals surface area contributed by atoms with Crippen molar-refractivity contribution >= 4 is 16.9 Å². The summed E-state index contributed by atoms with van der Waals surface area (Å²) < 4.78 is 0. The van der Waals surface area contributed by atoms with Crippen molar-refractivity contribution in [1.82, 2.24) is 10.5 Å². The van der Waals surface area contributed by atoms with E-state index >= 15 is 0 Å². The van der Waals surface area contributed by atoms with Gasteiger partial charge in [0.1, 0.15) is 0 Å². The molecular formula is C12H14N4O. The fourth-order valence-electron chi connectivity index (χ4n) is 1.70. The minimum atomic E-state index is 0.0261. The van der Waals surface area contributed by atoms with Crippen LogP contribution in [0.4, 0.5) is 0 Å². The molecule has 2 aromatic rings. The molecule has 0 atom stereocenters. The van der Waals surface area contributed by atoms with Gasteiger partial charge in [0.2, 0.25) is 5.96 Å². The Hall–Kier alpha value is -2.14. The third kappa shape index (κ3) is 2.70. The minimum Gasteiger partial charge on any atom is -0.368 e. The molecule has 0 aliphatic heterocycles. The molecule has 0 saturated heterocycles. The molecule has 0 spiro atoms. The highest BCUT2D eigenvalue weighted by Gasteiger charge is 2.00. The fourth-order valence-corrected chi connectivity index (χ4v) is 1.70. The number of nitrogens with two attached hydrogens (primary N) is 1. The second-order valence-corrected chi connectivity index (χ2v) is 3.62. The van der Waals surface area contributed by atoms with Crippen LogP contribution >= 0.6 is 0 Å². The maximum absolute atomic E-state index is 8.49. The van der Waals surface area contributed by atoms with Gasteiger partial charge in [-0.25, -0.2) is 5.48 Å². The fraction of sp³-hybridized carbons (Fsp3) is 0.167. The molecule has 0 aliphatic rings. The van der Waals surface area contributed by atoms with Gasteiger partial charge < -0.3 is 5.73 Å². The lowest BCUT2D eigenvalue weighted by Crippen LogP contribution is -2.28. The summed E-state index contributed by atoms with van der Waals surface area (Å²) in [4.78, 5) is 8.30. The molecular weight excluding hydrogens is 216 g/mol. The molecule has 1 aromatic heterocycles. The van der Waals surface area contributed by atoms with Crippen LogP contribution in [0.5, 0.6) is 0 Å². The summed E-state index contributed by atoms with van der Waals surface area (Å²) in [5.74, 6) is 0.0261. The highest BCUT2D eigenvalue weighted by atomic mass is 16.5. The average molecular weight is 230 g/mol. The zero-order valence-electron chi connectivity index (χ0n) is 9.30. The van der Waals surface area contributed by atoms with Crippen LogP contribution in [-0.2, 0) is 6.42 Å². The largest absolute Gasteiger partial charge is 0.368 e. The predicted octanol–water partition coefficient (Wildman–Crippen LogP) is 1.07. The van der Waals surface area contributed by atoms with Crippen molar-refractivity contribution in [3.05, 3.63) is 42.1 Å². The lowest BCUT2D eigenvalue weighted by molar-refractivity contribution is 0.232. The number of benzene rings is 1. The molecule has 5 nitrogen and oxygen atoms in total. The van der Waals surface area contributed by atoms with Crippen LogP contribution < -0.4 is 11.2 Å². The number of nitrogens with one attached hydrogen (secondary N) is 1. The molecule has 1 aromatic carbocycles. The maximum atomic E-state index is 8.49. The molecule has 88 valence electrons. The minimum absolute atomic E-state index is 0.0261. The first-order valence-corrected chi connectivity index (χ1v) is 5.34. The van der Waals surface area contributed by atoms with Gasteiger partial charge in [-0.05, 0) is 18.1 Å². The molecule has 0 unspecified atom stereocenters. The number of hydroxylamine groups is 1. The maximum Gasteiger partial charge on any atom is 0.212 e. The van der Waals surface area contributed by atoms with Crippen molar-refractivity contribution in [3.8, 4) is 0 Å². The summed E-state index contributed by atoms with van der Waals surface area (Å²) >= 11 is 0. The van der Waals surface area contributed by atoms with E-state index in [1.165, 1.54) is 0 Å². The van der Waals surface area contributed by atoms with E-state index in [0.717, 1.165) is 22.9 Å². The average Bonchev–Trinajstić information content (AvgIpc) is 2.39. The predicted molar refractivity (Wildman–Crippen MR) is 66.9 cm³/mol. The molecule has 0 saturated carbocycles. The van der Waals surface area contributed by atoms with E-state index in [4.69, 9.17) is 10.9 Å². The first-order valence-electron chi connectivity index (χ1n) is 5.34. The van der Waals surface area contributed by atoms with Crippen LogP contribution in [0.2, 0.25) is 0 Å². The van der Waals surface area contributed by atoms with Crippen molar-refractivity contribution in [2.24, 2.45) is 10.7 Å². The van der Waals surface area contributed by atoms with Gasteiger partial charge in [-0.3, -0.25) is 15.2 Å². The van der Waals surface area contributed by atoms with Crippen molar-refractivity contribution in [2.45, 2.75) is 6.42 Å². The number of aromatic nitrogens is 1. The van der Waals surface area contributed by atoms with Gasteiger partial charge in [0.25, 0.3) is 0 Å². The van der Waals surface area contributed by atoms with E-state index < -0.39 is 0 Å². The Bertz CT molecular complexity index is 534. The molecule has 17 heavy (non-hydrogen) atoms. The van der Waals surface area contributed by atoms with Gasteiger partial charge in [-0.1, -0.05) is 24.3 Å². The second kappa shape index (κ2) is 5.27. The third-order valence-corrected chi connectivity index (χ3v) is 2.49. The van der Waals surface area contributed by atoms with Gasteiger partial charge in [0.05, 0.1) is 5.52 Å². The Balaban J connectivity index is 2.19. The number of aliphatic imine (C=N–C) groups is 1. The van der Waals surface area contributed by atoms with Crippen LogP contribution in [0.15, 0.2) is 41.5 Å². The number of guanidine groups is 1. The van der Waals surface area contributed by atoms with Crippen molar-refractivity contribution in [3.63, 3.8) is 0 Å². The Morgan fingerprint density at radius 2 is 2.18 bits per heavy atom. The topological polar surface area (TPSA) is 83.5 Å². The highest BCUT2D eigenvalue weighted by Crippen LogP contribution is 2.16. The summed E-state index contributed by atoms with van der Waals surface area (Å²) in [6.45, 7) is 0.509. The zero-order valence-corrected chi connectivity index (χ0v) is 9.30. The van der Waals surface area contributed by atoms with E-state index in [-0.39, 0.29) is 5.96 Å². The zero-order chi connectivity index (χ0) is 12.1. The monoisotopic (exact) mass is 230 g/mol. The Morgan fingerprint density at radius 1 is 1.35 bits per heavy atom. The lowest BCUT2D eigenvalue weighted by Gasteiger charge is -2.04. The molecule has 2 rings (SSSR count). The van der Waals surface area contributed by atoms with E-state index in [0.29, 0.717) is 6.54 Å². The summed E-state index contributed by atoms with van der Waals surface area (Å²) in [5.41, 5.74) is 9.23. The van der Waals surface area contributed by atoms with Crippen LogP contribution in [0.25, 0.3) is 10.9 Å². The molecule has 1 heterocycles. The van der Waals surface area contributed by atoms with Gasteiger partial charge in [0.15, 0.2) is 0 Å². The summed E-state index contributed by atoms with van der Waals surface area (Å²) in [7, 11) is 0. The number of pyridine rings is 1. The molecule has 0 bridgehead atoms. The number of hydrogen-bond donors (Lipinski definition) is 3. The number of para-hydroxylation sites is 1. The normalized spacial score (nSPS) is 11.7. The van der Waals surface area contributed by atoms with Crippen molar-refractivity contribution in [1.29, 1.82) is 0 Å². The molecule has 0 fully saturated rings. The SMILES string of the molecule is NC(=NCCc1cccc2cccnc12)NO. The van der Waals surface area contributed by atoms with Crippen LogP contribution in [0.3, 0.4) is 0 Å². The highest BCUT2D eigenvalue weighted by molar-refractivity contribution is 5.81. The smallest absolute Gasteiger partial charge is 0.212 e. The summed E-state index contributed by atoms with van der Waals surface area (Å²) in [6, 6.07) is 9.99. The number of fused-ring (bicyclic) bond motifs is 1. The lowest BCUT2D eigenvalue weighted by atomic mass is 10.1. The Kier molecular flexibility index (Phi) is 3.52. The van der Waals surface area contributed by atoms with Gasteiger partial charge in [-0.2, -0.15) is 0 Å². The third-order valence-electron chi connectivity index (χ3n) is 2.49. The molecule has 0 aliphatic carbocycles. The van der Waals surface area contributed by atoms with E-state index in [9.17, 15) is 0 Å². The van der Waals surface area contributed by atoms with Crippen LogP contribution in [0, 0.1) is 0 Å². The Labute approximate surface area is 99.0 Å². The summed E-state index contributed by atoms with van der Waals surface area (Å²) in [5, 5.41) is 9.60. The van der Waals surface area contributed by atoms with Crippen molar-refractivity contribution < 1.29 is 5.21 Å². The molecule has 0 amide bonds. The quantitative estimate of drug-likeness (QED) is 0.418. The van der Waals surface area contributed by atoms with Gasteiger partial charge >= 0.3 is 0 Å². The van der Waals surface area contributed by atoms with Crippen molar-refractivity contribution in [2.75, 3.05) is 6.54 Å². The number of hydrogen-bond acceptors (Lipinski definition) is 3. The van der Waals surface area contributed by atoms with Crippen LogP contribution in [-0.4, -0.2) is 22.7 Å². The van der Waals surface area contributed by atoms with E-state index in [1.54, 1.807) is 11.7 Å². The number of rotatable bonds is 3. The van der Waals surface area contributed by atoms with E-state index in [2.05, 4.69) is 9.98 Å². The van der Waals surface area contributed by atoms with Gasteiger partial charge in [0, 0.05) is 18.1 Å². The molecule has 5 heteroatoms. The molecule has 0 radical (unpaired) electrons.